The first-order valence-electron chi connectivity index (χ1n) is 5.18. The number of methoxy groups -OCH3 is 1. The molecule has 0 aromatic heterocycles. The fourth-order valence-corrected chi connectivity index (χ4v) is 2.47. The van der Waals surface area contributed by atoms with Gasteiger partial charge in [-0.2, -0.15) is 5.10 Å². The van der Waals surface area contributed by atoms with Crippen LogP contribution < -0.4 is 15.5 Å². The number of nitrogens with one attached hydrogen (secondary N) is 2. The molecule has 0 aliphatic carbocycles. The Balaban J connectivity index is 2.74. The van der Waals surface area contributed by atoms with Gasteiger partial charge < -0.3 is 10.1 Å². The third-order valence-electron chi connectivity index (χ3n) is 1.94. The van der Waals surface area contributed by atoms with Crippen molar-refractivity contribution in [2.24, 2.45) is 5.10 Å². The van der Waals surface area contributed by atoms with Crippen LogP contribution in [0.1, 0.15) is 12.5 Å². The predicted molar refractivity (Wildman–Crippen MR) is 82.7 cm³/mol. The molecule has 1 aromatic rings. The molecule has 0 aliphatic heterocycles. The van der Waals surface area contributed by atoms with Crippen molar-refractivity contribution >= 4 is 51.1 Å². The van der Waals surface area contributed by atoms with Crippen LogP contribution in [-0.2, 0) is 0 Å². The third-order valence-corrected chi connectivity index (χ3v) is 3.05. The lowest BCUT2D eigenvalue weighted by atomic mass is 10.2. The highest BCUT2D eigenvalue weighted by Crippen LogP contribution is 2.33. The molecule has 0 radical (unpaired) electrons. The van der Waals surface area contributed by atoms with E-state index < -0.39 is 0 Å². The fraction of sp³-hybridized carbons (Fsp3) is 0.273. The Morgan fingerprint density at radius 1 is 1.61 bits per heavy atom. The van der Waals surface area contributed by atoms with Crippen LogP contribution in [0.3, 0.4) is 0 Å². The molecule has 0 spiro atoms. The Bertz CT molecular complexity index is 445. The van der Waals surface area contributed by atoms with Gasteiger partial charge in [0.2, 0.25) is 0 Å². The van der Waals surface area contributed by atoms with Crippen molar-refractivity contribution in [2.45, 2.75) is 6.92 Å². The van der Waals surface area contributed by atoms with E-state index in [1.165, 1.54) is 0 Å². The van der Waals surface area contributed by atoms with Crippen molar-refractivity contribution in [1.29, 1.82) is 0 Å². The number of halogens is 2. The lowest BCUT2D eigenvalue weighted by Gasteiger charge is -2.07. The summed E-state index contributed by atoms with van der Waals surface area (Å²) in [6, 6.07) is 3.61. The van der Waals surface area contributed by atoms with Crippen LogP contribution in [0, 0.1) is 0 Å². The molecule has 0 bridgehead atoms. The van der Waals surface area contributed by atoms with Crippen LogP contribution in [-0.4, -0.2) is 25.0 Å². The topological polar surface area (TPSA) is 45.7 Å². The summed E-state index contributed by atoms with van der Waals surface area (Å²) < 4.78 is 5.91. The molecule has 0 amide bonds. The number of nitrogens with zero attached hydrogens (tertiary/aromatic N) is 1. The Kier molecular flexibility index (Phi) is 6.38. The van der Waals surface area contributed by atoms with Gasteiger partial charge in [-0.1, -0.05) is 11.6 Å². The highest BCUT2D eigenvalue weighted by atomic mass is 79.9. The SMILES string of the molecule is CCNC(=S)NN=Cc1cc(Cl)c(OC)c(Br)c1. The summed E-state index contributed by atoms with van der Waals surface area (Å²) in [7, 11) is 1.57. The maximum atomic E-state index is 6.05. The molecule has 2 N–H and O–H groups in total. The average Bonchev–Trinajstić information content (AvgIpc) is 2.29. The molecule has 0 unspecified atom stereocenters. The van der Waals surface area contributed by atoms with Gasteiger partial charge in [0, 0.05) is 6.54 Å². The second kappa shape index (κ2) is 7.56. The molecule has 0 aliphatic rings. The molecule has 98 valence electrons. The zero-order valence-corrected chi connectivity index (χ0v) is 13.1. The summed E-state index contributed by atoms with van der Waals surface area (Å²) >= 11 is 14.4. The summed E-state index contributed by atoms with van der Waals surface area (Å²) in [5.41, 5.74) is 3.53. The van der Waals surface area contributed by atoms with Crippen molar-refractivity contribution in [3.05, 3.63) is 27.2 Å². The largest absolute Gasteiger partial charge is 0.494 e. The van der Waals surface area contributed by atoms with Gasteiger partial charge in [-0.15, -0.1) is 0 Å². The van der Waals surface area contributed by atoms with Gasteiger partial charge in [0.05, 0.1) is 22.8 Å². The molecule has 0 saturated heterocycles. The van der Waals surface area contributed by atoms with Crippen LogP contribution in [0.25, 0.3) is 0 Å². The molecule has 0 atom stereocenters. The van der Waals surface area contributed by atoms with Gasteiger partial charge in [-0.25, -0.2) is 0 Å². The van der Waals surface area contributed by atoms with E-state index in [1.54, 1.807) is 19.4 Å². The molecular weight excluding hydrogens is 338 g/mol. The van der Waals surface area contributed by atoms with Crippen LogP contribution in [0.15, 0.2) is 21.7 Å². The van der Waals surface area contributed by atoms with Crippen molar-refractivity contribution in [3.8, 4) is 5.75 Å². The second-order valence-corrected chi connectivity index (χ2v) is 4.92. The minimum atomic E-state index is 0.479. The van der Waals surface area contributed by atoms with E-state index in [9.17, 15) is 0 Å². The van der Waals surface area contributed by atoms with Gasteiger partial charge in [0.1, 0.15) is 0 Å². The van der Waals surface area contributed by atoms with Crippen LogP contribution >= 0.6 is 39.7 Å². The number of rotatable bonds is 4. The monoisotopic (exact) mass is 349 g/mol. The maximum Gasteiger partial charge on any atom is 0.186 e. The lowest BCUT2D eigenvalue weighted by molar-refractivity contribution is 0.412. The van der Waals surface area contributed by atoms with E-state index in [1.807, 2.05) is 13.0 Å². The standard InChI is InChI=1S/C11H13BrClN3OS/c1-3-14-11(18)16-15-6-7-4-8(12)10(17-2)9(13)5-7/h4-6H,3H2,1-2H3,(H2,14,16,18). The second-order valence-electron chi connectivity index (χ2n) is 3.25. The Morgan fingerprint density at radius 3 is 2.89 bits per heavy atom. The first-order valence-corrected chi connectivity index (χ1v) is 6.76. The molecular formula is C11H13BrClN3OS. The Labute approximate surface area is 125 Å². The maximum absolute atomic E-state index is 6.05. The fourth-order valence-electron chi connectivity index (χ4n) is 1.21. The van der Waals surface area contributed by atoms with Gasteiger partial charge in [-0.05, 0) is 52.8 Å². The zero-order chi connectivity index (χ0) is 13.5. The molecule has 18 heavy (non-hydrogen) atoms. The summed E-state index contributed by atoms with van der Waals surface area (Å²) in [5, 5.41) is 7.92. The average molecular weight is 351 g/mol. The van der Waals surface area contributed by atoms with Crippen LogP contribution in [0.4, 0.5) is 0 Å². The third kappa shape index (κ3) is 4.44. The molecule has 1 aromatic carbocycles. The molecule has 7 heteroatoms. The number of thiocarbonyl (C=S) groups is 1. The van der Waals surface area contributed by atoms with Crippen LogP contribution in [0.2, 0.25) is 5.02 Å². The summed E-state index contributed by atoms with van der Waals surface area (Å²) in [5.74, 6) is 0.602. The van der Waals surface area contributed by atoms with E-state index in [0.717, 1.165) is 16.6 Å². The number of hydrazone groups is 1. The van der Waals surface area contributed by atoms with E-state index in [0.29, 0.717) is 15.9 Å². The minimum absolute atomic E-state index is 0.479. The predicted octanol–water partition coefficient (Wildman–Crippen LogP) is 2.93. The van der Waals surface area contributed by atoms with E-state index in [4.69, 9.17) is 28.6 Å². The summed E-state index contributed by atoms with van der Waals surface area (Å²) in [6.45, 7) is 2.71. The first-order chi connectivity index (χ1) is 8.58. The van der Waals surface area contributed by atoms with Crippen LogP contribution in [0.5, 0.6) is 5.75 Å². The van der Waals surface area contributed by atoms with E-state index >= 15 is 0 Å². The highest BCUT2D eigenvalue weighted by molar-refractivity contribution is 9.10. The van der Waals surface area contributed by atoms with Gasteiger partial charge in [-0.3, -0.25) is 5.43 Å². The van der Waals surface area contributed by atoms with Crippen molar-refractivity contribution in [2.75, 3.05) is 13.7 Å². The van der Waals surface area contributed by atoms with E-state index in [2.05, 4.69) is 31.8 Å². The molecule has 0 saturated carbocycles. The zero-order valence-electron chi connectivity index (χ0n) is 9.96. The highest BCUT2D eigenvalue weighted by Gasteiger charge is 2.06. The van der Waals surface area contributed by atoms with Crippen molar-refractivity contribution in [3.63, 3.8) is 0 Å². The molecule has 1 rings (SSSR count). The molecule has 0 fully saturated rings. The first kappa shape index (κ1) is 15.2. The van der Waals surface area contributed by atoms with Gasteiger partial charge in [0.25, 0.3) is 0 Å². The minimum Gasteiger partial charge on any atom is -0.494 e. The number of benzene rings is 1. The number of hydrogen-bond donors (Lipinski definition) is 2. The van der Waals surface area contributed by atoms with Gasteiger partial charge in [0.15, 0.2) is 10.9 Å². The normalized spacial score (nSPS) is 10.4. The van der Waals surface area contributed by atoms with Crippen molar-refractivity contribution in [1.82, 2.24) is 10.7 Å². The van der Waals surface area contributed by atoms with Gasteiger partial charge >= 0.3 is 0 Å². The quantitative estimate of drug-likeness (QED) is 0.498. The Morgan fingerprint density at radius 2 is 2.33 bits per heavy atom. The van der Waals surface area contributed by atoms with Crippen molar-refractivity contribution < 1.29 is 4.74 Å². The number of ether oxygens (including phenoxy) is 1. The summed E-state index contributed by atoms with van der Waals surface area (Å²) in [6.07, 6.45) is 1.62. The number of hydrogen-bond acceptors (Lipinski definition) is 3. The molecule has 4 nitrogen and oxygen atoms in total. The van der Waals surface area contributed by atoms with E-state index in [-0.39, 0.29) is 0 Å². The smallest absolute Gasteiger partial charge is 0.186 e. The Hall–Kier alpha value is -0.850. The molecule has 0 heterocycles. The lowest BCUT2D eigenvalue weighted by Crippen LogP contribution is -2.31. The summed E-state index contributed by atoms with van der Waals surface area (Å²) in [4.78, 5) is 0.